The van der Waals surface area contributed by atoms with E-state index in [1.807, 2.05) is 55.6 Å². The zero-order valence-electron chi connectivity index (χ0n) is 20.7. The molecular weight excluding hydrogens is 450 g/mol. The van der Waals surface area contributed by atoms with Gasteiger partial charge < -0.3 is 25.0 Å². The quantitative estimate of drug-likeness (QED) is 0.307. The van der Waals surface area contributed by atoms with Crippen molar-refractivity contribution in [2.24, 2.45) is 0 Å². The van der Waals surface area contributed by atoms with Gasteiger partial charge in [0.15, 0.2) is 0 Å². The molecule has 0 bridgehead atoms. The Kier molecular flexibility index (Phi) is 7.23. The summed E-state index contributed by atoms with van der Waals surface area (Å²) in [5.41, 5.74) is 5.80. The molecule has 6 heteroatoms. The molecule has 0 spiro atoms. The molecule has 0 radical (unpaired) electrons. The van der Waals surface area contributed by atoms with Crippen LogP contribution in [0.2, 0.25) is 0 Å². The van der Waals surface area contributed by atoms with Gasteiger partial charge in [-0.15, -0.1) is 0 Å². The number of aromatic nitrogens is 1. The van der Waals surface area contributed by atoms with Gasteiger partial charge in [-0.3, -0.25) is 4.79 Å². The van der Waals surface area contributed by atoms with Crippen molar-refractivity contribution in [3.63, 3.8) is 0 Å². The number of nitrogens with one attached hydrogen (secondary N) is 2. The molecule has 4 aromatic rings. The summed E-state index contributed by atoms with van der Waals surface area (Å²) in [6.45, 7) is 4.37. The molecule has 6 nitrogen and oxygen atoms in total. The van der Waals surface area contributed by atoms with Gasteiger partial charge in [0, 0.05) is 35.9 Å². The topological polar surface area (TPSA) is 77.6 Å². The Hall–Kier alpha value is -3.77. The van der Waals surface area contributed by atoms with E-state index in [1.165, 1.54) is 18.5 Å². The van der Waals surface area contributed by atoms with Gasteiger partial charge in [-0.05, 0) is 73.2 Å². The molecule has 1 aliphatic heterocycles. The Morgan fingerprint density at radius 2 is 1.86 bits per heavy atom. The monoisotopic (exact) mass is 483 g/mol. The fraction of sp³-hybridized carbons (Fsp3) is 0.300. The van der Waals surface area contributed by atoms with Gasteiger partial charge in [-0.25, -0.2) is 0 Å². The number of anilines is 1. The lowest BCUT2D eigenvalue weighted by Gasteiger charge is -2.20. The van der Waals surface area contributed by atoms with Crippen LogP contribution in [0.3, 0.4) is 0 Å². The third kappa shape index (κ3) is 5.09. The minimum Gasteiger partial charge on any atom is -0.493 e. The van der Waals surface area contributed by atoms with Gasteiger partial charge >= 0.3 is 0 Å². The summed E-state index contributed by atoms with van der Waals surface area (Å²) in [7, 11) is 0. The van der Waals surface area contributed by atoms with E-state index in [2.05, 4.69) is 39.5 Å². The van der Waals surface area contributed by atoms with Crippen LogP contribution >= 0.6 is 0 Å². The molecule has 1 aromatic heterocycles. The van der Waals surface area contributed by atoms with Crippen LogP contribution in [-0.2, 0) is 6.42 Å². The predicted octanol–water partition coefficient (Wildman–Crippen LogP) is 5.17. The molecule has 1 aliphatic rings. The molecule has 1 fully saturated rings. The van der Waals surface area contributed by atoms with Crippen LogP contribution in [0.25, 0.3) is 22.0 Å². The minimum absolute atomic E-state index is 0.160. The second kappa shape index (κ2) is 10.9. The molecule has 1 saturated heterocycles. The summed E-state index contributed by atoms with van der Waals surface area (Å²) in [4.78, 5) is 19.1. The fourth-order valence-electron chi connectivity index (χ4n) is 5.02. The summed E-state index contributed by atoms with van der Waals surface area (Å²) in [5.74, 6) is 0.285. The smallest absolute Gasteiger partial charge is 0.255 e. The highest BCUT2D eigenvalue weighted by atomic mass is 16.5. The number of hydrogen-bond acceptors (Lipinski definition) is 4. The van der Waals surface area contributed by atoms with Crippen LogP contribution < -0.4 is 15.0 Å². The number of carbonyl (C=O) groups is 1. The van der Waals surface area contributed by atoms with Crippen LogP contribution in [0, 0.1) is 0 Å². The van der Waals surface area contributed by atoms with Gasteiger partial charge in [0.25, 0.3) is 5.91 Å². The molecular formula is C30H33N3O3. The summed E-state index contributed by atoms with van der Waals surface area (Å²) in [6.07, 6.45) is 4.91. The van der Waals surface area contributed by atoms with Gasteiger partial charge in [0.05, 0.1) is 24.8 Å². The second-order valence-corrected chi connectivity index (χ2v) is 9.31. The average Bonchev–Trinajstić information content (AvgIpc) is 3.60. The normalized spacial score (nSPS) is 14.2. The highest BCUT2D eigenvalue weighted by Crippen LogP contribution is 2.31. The lowest BCUT2D eigenvalue weighted by molar-refractivity contribution is 0.0913. The Morgan fingerprint density at radius 1 is 1.06 bits per heavy atom. The first kappa shape index (κ1) is 23.9. The number of H-pyrrole nitrogens is 1. The first-order valence-corrected chi connectivity index (χ1v) is 12.7. The maximum absolute atomic E-state index is 13.4. The second-order valence-electron chi connectivity index (χ2n) is 9.31. The zero-order chi connectivity index (χ0) is 24.9. The first-order valence-electron chi connectivity index (χ1n) is 12.7. The molecule has 2 heterocycles. The predicted molar refractivity (Wildman–Crippen MR) is 145 cm³/mol. The van der Waals surface area contributed by atoms with Crippen molar-refractivity contribution in [3.8, 4) is 16.9 Å². The largest absolute Gasteiger partial charge is 0.493 e. The van der Waals surface area contributed by atoms with Gasteiger partial charge in [-0.2, -0.15) is 0 Å². The number of aliphatic hydroxyl groups excluding tert-OH is 1. The van der Waals surface area contributed by atoms with Gasteiger partial charge in [-0.1, -0.05) is 36.4 Å². The van der Waals surface area contributed by atoms with Crippen molar-refractivity contribution in [1.82, 2.24) is 10.3 Å². The number of nitrogens with zero attached hydrogens (tertiary/aromatic N) is 1. The van der Waals surface area contributed by atoms with Crippen LogP contribution in [0.1, 0.15) is 35.7 Å². The number of amides is 1. The van der Waals surface area contributed by atoms with E-state index >= 15 is 0 Å². The van der Waals surface area contributed by atoms with Crippen molar-refractivity contribution >= 4 is 22.5 Å². The molecule has 1 atom stereocenters. The maximum Gasteiger partial charge on any atom is 0.255 e. The number of fused-ring (bicyclic) bond motifs is 1. The number of aromatic amines is 1. The summed E-state index contributed by atoms with van der Waals surface area (Å²) in [5, 5.41) is 14.2. The summed E-state index contributed by atoms with van der Waals surface area (Å²) < 4.78 is 5.80. The van der Waals surface area contributed by atoms with Crippen molar-refractivity contribution in [2.45, 2.75) is 32.2 Å². The Labute approximate surface area is 211 Å². The molecule has 5 rings (SSSR count). The number of para-hydroxylation sites is 1. The lowest BCUT2D eigenvalue weighted by atomic mass is 10.0. The Morgan fingerprint density at radius 3 is 2.67 bits per heavy atom. The van der Waals surface area contributed by atoms with Crippen molar-refractivity contribution in [1.29, 1.82) is 0 Å². The average molecular weight is 484 g/mol. The Bertz CT molecular complexity index is 1340. The maximum atomic E-state index is 13.4. The number of aliphatic hydroxyl groups is 1. The highest BCUT2D eigenvalue weighted by molar-refractivity contribution is 5.98. The summed E-state index contributed by atoms with van der Waals surface area (Å²) in [6, 6.07) is 21.9. The van der Waals surface area contributed by atoms with E-state index in [0.29, 0.717) is 24.3 Å². The number of carbonyl (C=O) groups excluding carboxylic acids is 1. The molecule has 1 unspecified atom stereocenters. The molecule has 0 aliphatic carbocycles. The van der Waals surface area contributed by atoms with E-state index < -0.39 is 6.04 Å². The third-order valence-corrected chi connectivity index (χ3v) is 6.87. The van der Waals surface area contributed by atoms with E-state index in [0.717, 1.165) is 40.7 Å². The molecule has 36 heavy (non-hydrogen) atoms. The summed E-state index contributed by atoms with van der Waals surface area (Å²) >= 11 is 0. The first-order chi connectivity index (χ1) is 17.7. The molecule has 0 saturated carbocycles. The zero-order valence-corrected chi connectivity index (χ0v) is 20.7. The standard InChI is InChI=1S/C30H33N3O3/c1-2-36-29-13-12-22(21-8-7-9-25(17-21)33-14-5-6-15-33)18-27(29)30(35)32-24(20-34)16-23-19-31-28-11-4-3-10-26(23)28/h3-4,7-13,17-19,24,31,34H,2,5-6,14-16,20H2,1H3,(H,32,35). The SMILES string of the molecule is CCOc1ccc(-c2cccc(N3CCCC3)c2)cc1C(=O)NC(CO)Cc1c[nH]c2ccccc12. The van der Waals surface area contributed by atoms with Crippen LogP contribution in [-0.4, -0.2) is 48.3 Å². The van der Waals surface area contributed by atoms with E-state index in [9.17, 15) is 9.90 Å². The number of benzene rings is 3. The Balaban J connectivity index is 1.39. The van der Waals surface area contributed by atoms with E-state index in [-0.39, 0.29) is 12.5 Å². The van der Waals surface area contributed by atoms with E-state index in [4.69, 9.17) is 4.74 Å². The van der Waals surface area contributed by atoms with Gasteiger partial charge in [0.2, 0.25) is 0 Å². The van der Waals surface area contributed by atoms with Crippen molar-refractivity contribution in [3.05, 3.63) is 84.1 Å². The molecule has 186 valence electrons. The molecule has 3 N–H and O–H groups in total. The van der Waals surface area contributed by atoms with Gasteiger partial charge in [0.1, 0.15) is 5.75 Å². The lowest BCUT2D eigenvalue weighted by Crippen LogP contribution is -2.39. The third-order valence-electron chi connectivity index (χ3n) is 6.87. The molecule has 1 amide bonds. The fourth-order valence-corrected chi connectivity index (χ4v) is 5.02. The number of hydrogen-bond donors (Lipinski definition) is 3. The minimum atomic E-state index is -0.423. The van der Waals surface area contributed by atoms with Crippen LogP contribution in [0.15, 0.2) is 72.9 Å². The molecule has 3 aromatic carbocycles. The van der Waals surface area contributed by atoms with Crippen molar-refractivity contribution in [2.75, 3.05) is 31.2 Å². The number of ether oxygens (including phenoxy) is 1. The van der Waals surface area contributed by atoms with Crippen LogP contribution in [0.4, 0.5) is 5.69 Å². The van der Waals surface area contributed by atoms with Crippen LogP contribution in [0.5, 0.6) is 5.75 Å². The highest BCUT2D eigenvalue weighted by Gasteiger charge is 2.20. The number of rotatable bonds is 9. The van der Waals surface area contributed by atoms with E-state index in [1.54, 1.807) is 0 Å². The van der Waals surface area contributed by atoms with Crippen molar-refractivity contribution < 1.29 is 14.6 Å².